The van der Waals surface area contributed by atoms with E-state index in [1.807, 2.05) is 6.92 Å². The number of guanidine groups is 1. The molecule has 8 nitrogen and oxygen atoms in total. The zero-order chi connectivity index (χ0) is 15.8. The van der Waals surface area contributed by atoms with E-state index in [1.165, 1.54) is 0 Å². The molecule has 0 unspecified atom stereocenters. The highest BCUT2D eigenvalue weighted by Gasteiger charge is 2.35. The van der Waals surface area contributed by atoms with E-state index in [1.54, 1.807) is 4.90 Å². The summed E-state index contributed by atoms with van der Waals surface area (Å²) in [7, 11) is 0. The fraction of sp³-hybridized carbons (Fsp3) is 0.769. The molecule has 2 amide bonds. The lowest BCUT2D eigenvalue weighted by Crippen LogP contribution is -2.51. The van der Waals surface area contributed by atoms with Gasteiger partial charge in [0.1, 0.15) is 6.04 Å². The molecule has 1 saturated heterocycles. The van der Waals surface area contributed by atoms with Crippen molar-refractivity contribution in [3.05, 3.63) is 0 Å². The van der Waals surface area contributed by atoms with Gasteiger partial charge in [-0.15, -0.1) is 12.4 Å². The van der Waals surface area contributed by atoms with Crippen LogP contribution in [0.1, 0.15) is 32.6 Å². The van der Waals surface area contributed by atoms with Crippen molar-refractivity contribution in [1.82, 2.24) is 10.2 Å². The van der Waals surface area contributed by atoms with Crippen LogP contribution < -0.4 is 22.5 Å². The summed E-state index contributed by atoms with van der Waals surface area (Å²) >= 11 is 0. The van der Waals surface area contributed by atoms with Crippen molar-refractivity contribution in [3.63, 3.8) is 0 Å². The second-order valence-corrected chi connectivity index (χ2v) is 5.14. The van der Waals surface area contributed by atoms with Gasteiger partial charge < -0.3 is 27.4 Å². The summed E-state index contributed by atoms with van der Waals surface area (Å²) in [6, 6.07) is -1.00. The Hall–Kier alpha value is -1.54. The van der Waals surface area contributed by atoms with E-state index >= 15 is 0 Å². The van der Waals surface area contributed by atoms with Crippen LogP contribution in [0.2, 0.25) is 0 Å². The molecule has 0 bridgehead atoms. The third kappa shape index (κ3) is 6.07. The molecular formula is C13H27ClN6O2. The average molecular weight is 335 g/mol. The van der Waals surface area contributed by atoms with E-state index in [4.69, 9.17) is 17.2 Å². The first-order valence-corrected chi connectivity index (χ1v) is 7.36. The highest BCUT2D eigenvalue weighted by molar-refractivity contribution is 5.90. The Morgan fingerprint density at radius 2 is 2.09 bits per heavy atom. The largest absolute Gasteiger partial charge is 0.370 e. The van der Waals surface area contributed by atoms with E-state index < -0.39 is 6.04 Å². The Balaban J connectivity index is 0.00000441. The number of rotatable bonds is 7. The van der Waals surface area contributed by atoms with Gasteiger partial charge in [-0.2, -0.15) is 0 Å². The number of halogens is 1. The van der Waals surface area contributed by atoms with Gasteiger partial charge in [0, 0.05) is 19.6 Å². The van der Waals surface area contributed by atoms with Crippen LogP contribution in [-0.4, -0.2) is 54.4 Å². The van der Waals surface area contributed by atoms with Crippen LogP contribution in [0.3, 0.4) is 0 Å². The van der Waals surface area contributed by atoms with Crippen molar-refractivity contribution in [2.75, 3.05) is 19.6 Å². The molecule has 9 heteroatoms. The normalized spacial score (nSPS) is 18.3. The molecule has 2 atom stereocenters. The smallest absolute Gasteiger partial charge is 0.242 e. The Morgan fingerprint density at radius 3 is 2.68 bits per heavy atom. The van der Waals surface area contributed by atoms with Crippen molar-refractivity contribution >= 4 is 30.2 Å². The standard InChI is InChI=1S/C13H26N6O2.ClH/c1-2-17-11(20)10-6-4-8-19(10)12(21)9(14)5-3-7-18-13(15)16;/h9-10H,2-8,14H2,1H3,(H,17,20)(H4,15,16,18);1H/t9-,10-;/m0./s1. The molecule has 0 aromatic rings. The van der Waals surface area contributed by atoms with E-state index in [0.29, 0.717) is 38.9 Å². The van der Waals surface area contributed by atoms with Gasteiger partial charge in [-0.25, -0.2) is 0 Å². The quantitative estimate of drug-likeness (QED) is 0.266. The molecule has 1 aliphatic heterocycles. The molecule has 0 aromatic heterocycles. The van der Waals surface area contributed by atoms with Crippen molar-refractivity contribution in [3.8, 4) is 0 Å². The third-order valence-corrected chi connectivity index (χ3v) is 3.47. The first-order chi connectivity index (χ1) is 9.97. The fourth-order valence-electron chi connectivity index (χ4n) is 2.45. The maximum Gasteiger partial charge on any atom is 0.242 e. The number of nitrogens with one attached hydrogen (secondary N) is 1. The van der Waals surface area contributed by atoms with Crippen molar-refractivity contribution < 1.29 is 9.59 Å². The predicted molar refractivity (Wildman–Crippen MR) is 88.6 cm³/mol. The topological polar surface area (TPSA) is 140 Å². The molecule has 7 N–H and O–H groups in total. The molecule has 1 rings (SSSR count). The number of hydrogen-bond acceptors (Lipinski definition) is 4. The minimum Gasteiger partial charge on any atom is -0.370 e. The molecule has 1 aliphatic rings. The van der Waals surface area contributed by atoms with E-state index in [0.717, 1.165) is 6.42 Å². The maximum absolute atomic E-state index is 12.3. The van der Waals surface area contributed by atoms with Gasteiger partial charge in [0.25, 0.3) is 0 Å². The van der Waals surface area contributed by atoms with Gasteiger partial charge in [0.2, 0.25) is 11.8 Å². The molecule has 128 valence electrons. The maximum atomic E-state index is 12.3. The van der Waals surface area contributed by atoms with Crippen LogP contribution in [0.5, 0.6) is 0 Å². The lowest BCUT2D eigenvalue weighted by atomic mass is 10.1. The Bertz CT molecular complexity index is 400. The summed E-state index contributed by atoms with van der Waals surface area (Å²) in [4.78, 5) is 29.7. The zero-order valence-corrected chi connectivity index (χ0v) is 13.8. The first kappa shape index (κ1) is 20.5. The van der Waals surface area contributed by atoms with E-state index in [-0.39, 0.29) is 36.2 Å². The fourth-order valence-corrected chi connectivity index (χ4v) is 2.45. The summed E-state index contributed by atoms with van der Waals surface area (Å²) in [6.45, 7) is 3.45. The Kier molecular flexibility index (Phi) is 9.51. The second kappa shape index (κ2) is 10.2. The minimum absolute atomic E-state index is 0. The summed E-state index contributed by atoms with van der Waals surface area (Å²) < 4.78 is 0. The van der Waals surface area contributed by atoms with Crippen molar-refractivity contribution in [1.29, 1.82) is 0 Å². The van der Waals surface area contributed by atoms with Crippen LogP contribution in [-0.2, 0) is 9.59 Å². The van der Waals surface area contributed by atoms with Gasteiger partial charge in [0.05, 0.1) is 6.04 Å². The molecular weight excluding hydrogens is 308 g/mol. The number of carbonyl (C=O) groups excluding carboxylic acids is 2. The van der Waals surface area contributed by atoms with Crippen LogP contribution in [0.25, 0.3) is 0 Å². The highest BCUT2D eigenvalue weighted by atomic mass is 35.5. The van der Waals surface area contributed by atoms with Crippen LogP contribution in [0, 0.1) is 0 Å². The third-order valence-electron chi connectivity index (χ3n) is 3.47. The van der Waals surface area contributed by atoms with Gasteiger partial charge in [-0.05, 0) is 32.6 Å². The van der Waals surface area contributed by atoms with E-state index in [9.17, 15) is 9.59 Å². The number of amides is 2. The molecule has 22 heavy (non-hydrogen) atoms. The first-order valence-electron chi connectivity index (χ1n) is 7.36. The number of nitrogens with zero attached hydrogens (tertiary/aromatic N) is 2. The van der Waals surface area contributed by atoms with Crippen LogP contribution in [0.15, 0.2) is 4.99 Å². The number of aliphatic imine (C=N–C) groups is 1. The number of nitrogens with two attached hydrogens (primary N) is 3. The molecule has 0 aromatic carbocycles. The predicted octanol–water partition coefficient (Wildman–Crippen LogP) is -1.08. The van der Waals surface area contributed by atoms with Gasteiger partial charge in [-0.1, -0.05) is 0 Å². The highest BCUT2D eigenvalue weighted by Crippen LogP contribution is 2.19. The van der Waals surface area contributed by atoms with Gasteiger partial charge >= 0.3 is 0 Å². The lowest BCUT2D eigenvalue weighted by molar-refractivity contribution is -0.139. The average Bonchev–Trinajstić information content (AvgIpc) is 2.91. The second-order valence-electron chi connectivity index (χ2n) is 5.14. The molecule has 1 fully saturated rings. The Labute approximate surface area is 137 Å². The van der Waals surface area contributed by atoms with Gasteiger partial charge in [0.15, 0.2) is 5.96 Å². The summed E-state index contributed by atoms with van der Waals surface area (Å²) in [5.41, 5.74) is 16.4. The number of likely N-dealkylation sites (tertiary alicyclic amines) is 1. The molecule has 0 spiro atoms. The summed E-state index contributed by atoms with van der Waals surface area (Å²) in [5.74, 6) is -0.241. The zero-order valence-electron chi connectivity index (χ0n) is 13.0. The van der Waals surface area contributed by atoms with E-state index in [2.05, 4.69) is 10.3 Å². The number of likely N-dealkylation sites (N-methyl/N-ethyl adjacent to an activating group) is 1. The van der Waals surface area contributed by atoms with Crippen LogP contribution >= 0.6 is 12.4 Å². The molecule has 0 saturated carbocycles. The van der Waals surface area contributed by atoms with Crippen LogP contribution in [0.4, 0.5) is 0 Å². The molecule has 1 heterocycles. The van der Waals surface area contributed by atoms with Crippen molar-refractivity contribution in [2.45, 2.75) is 44.7 Å². The Morgan fingerprint density at radius 1 is 1.41 bits per heavy atom. The van der Waals surface area contributed by atoms with Gasteiger partial charge in [-0.3, -0.25) is 14.6 Å². The summed E-state index contributed by atoms with van der Waals surface area (Å²) in [6.07, 6.45) is 2.64. The lowest BCUT2D eigenvalue weighted by Gasteiger charge is -2.26. The molecule has 0 aliphatic carbocycles. The monoisotopic (exact) mass is 334 g/mol. The summed E-state index contributed by atoms with van der Waals surface area (Å²) in [5, 5.41) is 2.76. The molecule has 0 radical (unpaired) electrons. The minimum atomic E-state index is -0.616. The number of hydrogen-bond donors (Lipinski definition) is 4. The van der Waals surface area contributed by atoms with Crippen molar-refractivity contribution in [2.24, 2.45) is 22.2 Å². The SMILES string of the molecule is CCNC(=O)[C@@H]1CCCN1C(=O)[C@@H](N)CCCN=C(N)N.Cl. The number of carbonyl (C=O) groups is 2.